The number of hydrogen-bond donors (Lipinski definition) is 0. The first-order valence-electron chi connectivity index (χ1n) is 6.47. The summed E-state index contributed by atoms with van der Waals surface area (Å²) in [6, 6.07) is 0. The van der Waals surface area contributed by atoms with E-state index in [0.717, 1.165) is 30.2 Å². The van der Waals surface area contributed by atoms with Gasteiger partial charge in [-0.3, -0.25) is 0 Å². The van der Waals surface area contributed by atoms with Crippen LogP contribution in [0.25, 0.3) is 11.6 Å². The minimum Gasteiger partial charge on any atom is -0.243 e. The minimum atomic E-state index is 0.639. The van der Waals surface area contributed by atoms with E-state index in [4.69, 9.17) is 0 Å². The summed E-state index contributed by atoms with van der Waals surface area (Å²) in [5, 5.41) is 4.27. The van der Waals surface area contributed by atoms with E-state index >= 15 is 0 Å². The second-order valence-corrected chi connectivity index (χ2v) is 3.57. The molecule has 18 heavy (non-hydrogen) atoms. The summed E-state index contributed by atoms with van der Waals surface area (Å²) in [4.78, 5) is 12.9. The lowest BCUT2D eigenvalue weighted by molar-refractivity contribution is 0.656. The normalized spacial score (nSPS) is 9.83. The smallest absolute Gasteiger partial charge is 0.197 e. The SMILES string of the molecule is CC.CCc1cnc(-c2nc(C)nn2CC)nc1. The Kier molecular flexibility index (Phi) is 5.42. The van der Waals surface area contributed by atoms with Gasteiger partial charge in [-0.1, -0.05) is 20.8 Å². The molecular weight excluding hydrogens is 226 g/mol. The van der Waals surface area contributed by atoms with Crippen molar-refractivity contribution in [2.45, 2.75) is 47.6 Å². The van der Waals surface area contributed by atoms with Gasteiger partial charge >= 0.3 is 0 Å². The highest BCUT2D eigenvalue weighted by Crippen LogP contribution is 2.12. The molecule has 5 heteroatoms. The van der Waals surface area contributed by atoms with Crippen molar-refractivity contribution in [2.75, 3.05) is 0 Å². The second kappa shape index (κ2) is 6.83. The summed E-state index contributed by atoms with van der Waals surface area (Å²) in [5.74, 6) is 2.13. The molecule has 0 spiro atoms. The zero-order chi connectivity index (χ0) is 13.5. The Morgan fingerprint density at radius 3 is 2.22 bits per heavy atom. The number of rotatable bonds is 3. The first kappa shape index (κ1) is 14.3. The maximum atomic E-state index is 4.33. The molecule has 0 atom stereocenters. The predicted octanol–water partition coefficient (Wildman–Crippen LogP) is 2.65. The molecule has 0 fully saturated rings. The van der Waals surface area contributed by atoms with Crippen LogP contribution in [0.4, 0.5) is 0 Å². The summed E-state index contributed by atoms with van der Waals surface area (Å²) in [5.41, 5.74) is 1.13. The van der Waals surface area contributed by atoms with E-state index in [0.29, 0.717) is 5.82 Å². The minimum absolute atomic E-state index is 0.639. The van der Waals surface area contributed by atoms with Crippen LogP contribution in [0, 0.1) is 6.92 Å². The van der Waals surface area contributed by atoms with E-state index in [1.807, 2.05) is 44.8 Å². The third-order valence-electron chi connectivity index (χ3n) is 2.39. The highest BCUT2D eigenvalue weighted by Gasteiger charge is 2.10. The highest BCUT2D eigenvalue weighted by atomic mass is 15.4. The van der Waals surface area contributed by atoms with E-state index in [9.17, 15) is 0 Å². The Morgan fingerprint density at radius 2 is 1.72 bits per heavy atom. The average Bonchev–Trinajstić information content (AvgIpc) is 2.82. The van der Waals surface area contributed by atoms with Gasteiger partial charge in [0, 0.05) is 18.9 Å². The topological polar surface area (TPSA) is 56.5 Å². The first-order valence-corrected chi connectivity index (χ1v) is 6.47. The summed E-state index contributed by atoms with van der Waals surface area (Å²) in [6.45, 7) is 10.8. The van der Waals surface area contributed by atoms with Crippen molar-refractivity contribution in [3.05, 3.63) is 23.8 Å². The van der Waals surface area contributed by atoms with E-state index in [1.165, 1.54) is 0 Å². The zero-order valence-electron chi connectivity index (χ0n) is 11.8. The number of nitrogens with zero attached hydrogens (tertiary/aromatic N) is 5. The van der Waals surface area contributed by atoms with Crippen molar-refractivity contribution in [3.8, 4) is 11.6 Å². The lowest BCUT2D eigenvalue weighted by atomic mass is 10.3. The molecule has 2 rings (SSSR count). The van der Waals surface area contributed by atoms with Gasteiger partial charge in [0.05, 0.1) is 0 Å². The van der Waals surface area contributed by atoms with Crippen LogP contribution in [-0.2, 0) is 13.0 Å². The van der Waals surface area contributed by atoms with Crippen LogP contribution in [0.2, 0.25) is 0 Å². The Labute approximate surface area is 108 Å². The molecular formula is C13H21N5. The van der Waals surface area contributed by atoms with Gasteiger partial charge in [-0.05, 0) is 25.8 Å². The molecule has 2 heterocycles. The fraction of sp³-hybridized carbons (Fsp3) is 0.538. The maximum Gasteiger partial charge on any atom is 0.197 e. The molecule has 0 aliphatic carbocycles. The quantitative estimate of drug-likeness (QED) is 0.836. The van der Waals surface area contributed by atoms with E-state index < -0.39 is 0 Å². The standard InChI is InChI=1S/C11H15N5.C2H6/c1-4-9-6-12-10(13-7-9)11-14-8(3)15-16(11)5-2;1-2/h6-7H,4-5H2,1-3H3;1-2H3. The molecule has 98 valence electrons. The van der Waals surface area contributed by atoms with E-state index in [-0.39, 0.29) is 0 Å². The Morgan fingerprint density at radius 1 is 1.11 bits per heavy atom. The molecule has 0 amide bonds. The largest absolute Gasteiger partial charge is 0.243 e. The zero-order valence-corrected chi connectivity index (χ0v) is 11.8. The Bertz CT molecular complexity index is 473. The van der Waals surface area contributed by atoms with Crippen molar-refractivity contribution in [2.24, 2.45) is 0 Å². The summed E-state index contributed by atoms with van der Waals surface area (Å²) >= 11 is 0. The molecule has 0 radical (unpaired) electrons. The number of aromatic nitrogens is 5. The highest BCUT2D eigenvalue weighted by molar-refractivity contribution is 5.42. The monoisotopic (exact) mass is 247 g/mol. The first-order chi connectivity index (χ1) is 8.74. The summed E-state index contributed by atoms with van der Waals surface area (Å²) in [6.07, 6.45) is 4.62. The van der Waals surface area contributed by atoms with Crippen molar-refractivity contribution in [1.29, 1.82) is 0 Å². The van der Waals surface area contributed by atoms with Gasteiger partial charge in [-0.25, -0.2) is 19.6 Å². The van der Waals surface area contributed by atoms with Gasteiger partial charge < -0.3 is 0 Å². The fourth-order valence-corrected chi connectivity index (χ4v) is 1.49. The van der Waals surface area contributed by atoms with E-state index in [2.05, 4.69) is 27.0 Å². The molecule has 0 saturated heterocycles. The van der Waals surface area contributed by atoms with Gasteiger partial charge in [0.2, 0.25) is 0 Å². The van der Waals surface area contributed by atoms with Crippen molar-refractivity contribution in [3.63, 3.8) is 0 Å². The molecule has 0 bridgehead atoms. The van der Waals surface area contributed by atoms with Gasteiger partial charge in [-0.15, -0.1) is 0 Å². The molecule has 0 aliphatic heterocycles. The second-order valence-electron chi connectivity index (χ2n) is 3.57. The lowest BCUT2D eigenvalue weighted by Crippen LogP contribution is -2.02. The van der Waals surface area contributed by atoms with Gasteiger partial charge in [0.15, 0.2) is 11.6 Å². The van der Waals surface area contributed by atoms with Crippen molar-refractivity contribution < 1.29 is 0 Å². The van der Waals surface area contributed by atoms with Crippen LogP contribution in [-0.4, -0.2) is 24.7 Å². The van der Waals surface area contributed by atoms with Crippen molar-refractivity contribution >= 4 is 0 Å². The van der Waals surface area contributed by atoms with Crippen LogP contribution in [0.3, 0.4) is 0 Å². The number of aryl methyl sites for hydroxylation is 3. The molecule has 0 unspecified atom stereocenters. The molecule has 2 aromatic rings. The van der Waals surface area contributed by atoms with Crippen LogP contribution in [0.15, 0.2) is 12.4 Å². The Hall–Kier alpha value is -1.78. The van der Waals surface area contributed by atoms with E-state index in [1.54, 1.807) is 0 Å². The molecule has 0 saturated carbocycles. The van der Waals surface area contributed by atoms with Gasteiger partial charge in [-0.2, -0.15) is 5.10 Å². The average molecular weight is 247 g/mol. The molecule has 0 aromatic carbocycles. The van der Waals surface area contributed by atoms with Crippen LogP contribution in [0.1, 0.15) is 39.1 Å². The lowest BCUT2D eigenvalue weighted by Gasteiger charge is -2.01. The molecule has 0 aliphatic rings. The molecule has 5 nitrogen and oxygen atoms in total. The fourth-order valence-electron chi connectivity index (χ4n) is 1.49. The third-order valence-corrected chi connectivity index (χ3v) is 2.39. The van der Waals surface area contributed by atoms with Crippen LogP contribution in [0.5, 0.6) is 0 Å². The van der Waals surface area contributed by atoms with Crippen molar-refractivity contribution in [1.82, 2.24) is 24.7 Å². The summed E-state index contributed by atoms with van der Waals surface area (Å²) in [7, 11) is 0. The van der Waals surface area contributed by atoms with Crippen LogP contribution < -0.4 is 0 Å². The molecule has 0 N–H and O–H groups in total. The number of hydrogen-bond acceptors (Lipinski definition) is 4. The predicted molar refractivity (Wildman–Crippen MR) is 72.2 cm³/mol. The van der Waals surface area contributed by atoms with Gasteiger partial charge in [0.25, 0.3) is 0 Å². The summed E-state index contributed by atoms with van der Waals surface area (Å²) < 4.78 is 1.82. The maximum absolute atomic E-state index is 4.33. The third kappa shape index (κ3) is 3.12. The Balaban J connectivity index is 0.000000771. The molecule has 2 aromatic heterocycles. The van der Waals surface area contributed by atoms with Crippen LogP contribution >= 0.6 is 0 Å². The van der Waals surface area contributed by atoms with Gasteiger partial charge in [0.1, 0.15) is 5.82 Å².